The molecule has 0 saturated heterocycles. The van der Waals surface area contributed by atoms with Gasteiger partial charge in [0.2, 0.25) is 0 Å². The normalized spacial score (nSPS) is 13.0. The van der Waals surface area contributed by atoms with Gasteiger partial charge < -0.3 is 0 Å². The molecule has 0 radical (unpaired) electrons. The zero-order valence-electron chi connectivity index (χ0n) is 5.68. The highest BCUT2D eigenvalue weighted by molar-refractivity contribution is 7.82. The first-order valence-corrected chi connectivity index (χ1v) is 5.18. The number of benzene rings is 1. The second kappa shape index (κ2) is 3.94. The third-order valence-electron chi connectivity index (χ3n) is 1.19. The van der Waals surface area contributed by atoms with Crippen LogP contribution in [0.5, 0.6) is 0 Å². The molecule has 0 spiro atoms. The highest BCUT2D eigenvalue weighted by Gasteiger charge is 2.08. The summed E-state index contributed by atoms with van der Waals surface area (Å²) in [6.45, 7) is 0. The summed E-state index contributed by atoms with van der Waals surface area (Å²) in [6.07, 6.45) is 0. The lowest BCUT2D eigenvalue weighted by Gasteiger charge is -2.01. The van der Waals surface area contributed by atoms with E-state index in [9.17, 15) is 4.21 Å². The van der Waals surface area contributed by atoms with E-state index in [1.807, 2.05) is 0 Å². The molecule has 2 nitrogen and oxygen atoms in total. The maximum Gasteiger partial charge on any atom is 0.123 e. The van der Waals surface area contributed by atoms with Crippen molar-refractivity contribution < 1.29 is 4.21 Å². The van der Waals surface area contributed by atoms with Gasteiger partial charge >= 0.3 is 0 Å². The fourth-order valence-corrected chi connectivity index (χ4v) is 1.98. The maximum atomic E-state index is 10.8. The number of hydrogen-bond acceptors (Lipinski definition) is 1. The van der Waals surface area contributed by atoms with Gasteiger partial charge in [-0.05, 0) is 12.1 Å². The maximum absolute atomic E-state index is 10.8. The third-order valence-corrected chi connectivity index (χ3v) is 3.11. The third kappa shape index (κ3) is 2.12. The number of rotatable bonds is 1. The standard InChI is InChI=1S/C6H4Cl3NOS/c7-3-1-5(9)6(12(10)11)2-4(3)8/h1-2H,10H2. The predicted octanol–water partition coefficient (Wildman–Crippen LogP) is 2.63. The minimum atomic E-state index is -1.63. The summed E-state index contributed by atoms with van der Waals surface area (Å²) in [5.41, 5.74) is 0. The summed E-state index contributed by atoms with van der Waals surface area (Å²) in [6, 6.07) is 2.80. The molecule has 1 aromatic carbocycles. The Hall–Kier alpha value is 0.200. The molecule has 66 valence electrons. The van der Waals surface area contributed by atoms with Crippen LogP contribution >= 0.6 is 34.8 Å². The van der Waals surface area contributed by atoms with Crippen LogP contribution in [-0.4, -0.2) is 4.21 Å². The minimum absolute atomic E-state index is 0.255. The van der Waals surface area contributed by atoms with E-state index < -0.39 is 11.0 Å². The fourth-order valence-electron chi connectivity index (χ4n) is 0.658. The van der Waals surface area contributed by atoms with Crippen molar-refractivity contribution in [1.29, 1.82) is 0 Å². The Balaban J connectivity index is 3.33. The molecule has 0 fully saturated rings. The summed E-state index contributed by atoms with van der Waals surface area (Å²) in [5, 5.41) is 5.98. The highest BCUT2D eigenvalue weighted by atomic mass is 35.5. The van der Waals surface area contributed by atoms with Gasteiger partial charge in [-0.2, -0.15) is 0 Å². The first kappa shape index (κ1) is 10.3. The Kier molecular flexibility index (Phi) is 3.37. The molecular formula is C6H4Cl3NOS. The SMILES string of the molecule is NS(=O)c1cc(Cl)c(Cl)cc1Cl. The van der Waals surface area contributed by atoms with E-state index in [2.05, 4.69) is 0 Å². The molecule has 0 heterocycles. The van der Waals surface area contributed by atoms with Gasteiger partial charge in [-0.25, -0.2) is 9.35 Å². The second-order valence-electron chi connectivity index (χ2n) is 1.99. The monoisotopic (exact) mass is 243 g/mol. The molecule has 6 heteroatoms. The lowest BCUT2D eigenvalue weighted by atomic mass is 10.4. The van der Waals surface area contributed by atoms with Crippen LogP contribution in [0.4, 0.5) is 0 Å². The van der Waals surface area contributed by atoms with Crippen LogP contribution in [-0.2, 0) is 11.0 Å². The summed E-state index contributed by atoms with van der Waals surface area (Å²) in [5.74, 6) is 0. The van der Waals surface area contributed by atoms with E-state index >= 15 is 0 Å². The van der Waals surface area contributed by atoms with Crippen LogP contribution in [0.15, 0.2) is 17.0 Å². The van der Waals surface area contributed by atoms with Crippen molar-refractivity contribution >= 4 is 45.8 Å². The van der Waals surface area contributed by atoms with Gasteiger partial charge in [0.25, 0.3) is 0 Å². The zero-order chi connectivity index (χ0) is 9.30. The molecule has 0 saturated carbocycles. The molecule has 0 aliphatic heterocycles. The molecule has 2 N–H and O–H groups in total. The highest BCUT2D eigenvalue weighted by Crippen LogP contribution is 2.29. The average Bonchev–Trinajstić information content (AvgIpc) is 1.96. The van der Waals surface area contributed by atoms with Gasteiger partial charge in [-0.1, -0.05) is 34.8 Å². The van der Waals surface area contributed by atoms with Gasteiger partial charge in [0.1, 0.15) is 11.0 Å². The summed E-state index contributed by atoms with van der Waals surface area (Å²) in [7, 11) is -1.63. The summed E-state index contributed by atoms with van der Waals surface area (Å²) >= 11 is 17.0. The van der Waals surface area contributed by atoms with Crippen molar-refractivity contribution in [3.05, 3.63) is 27.2 Å². The summed E-state index contributed by atoms with van der Waals surface area (Å²) in [4.78, 5) is 0.283. The van der Waals surface area contributed by atoms with Crippen molar-refractivity contribution in [1.82, 2.24) is 0 Å². The predicted molar refractivity (Wildman–Crippen MR) is 52.1 cm³/mol. The lowest BCUT2D eigenvalue weighted by molar-refractivity contribution is 0.684. The zero-order valence-corrected chi connectivity index (χ0v) is 8.77. The molecule has 12 heavy (non-hydrogen) atoms. The van der Waals surface area contributed by atoms with Crippen LogP contribution in [0.2, 0.25) is 15.1 Å². The quantitative estimate of drug-likeness (QED) is 0.758. The van der Waals surface area contributed by atoms with Gasteiger partial charge in [0.15, 0.2) is 0 Å². The number of hydrogen-bond donors (Lipinski definition) is 1. The smallest absolute Gasteiger partial charge is 0.123 e. The van der Waals surface area contributed by atoms with Crippen molar-refractivity contribution in [2.45, 2.75) is 4.90 Å². The molecule has 0 amide bonds. The van der Waals surface area contributed by atoms with E-state index in [0.717, 1.165) is 0 Å². The van der Waals surface area contributed by atoms with Crippen LogP contribution < -0.4 is 5.14 Å². The van der Waals surface area contributed by atoms with Crippen LogP contribution in [0.3, 0.4) is 0 Å². The molecule has 1 unspecified atom stereocenters. The van der Waals surface area contributed by atoms with E-state index in [4.69, 9.17) is 39.9 Å². The van der Waals surface area contributed by atoms with Gasteiger partial charge in [0, 0.05) is 0 Å². The Morgan fingerprint density at radius 2 is 1.58 bits per heavy atom. The molecule has 0 aliphatic rings. The molecule has 1 atom stereocenters. The van der Waals surface area contributed by atoms with Crippen molar-refractivity contribution in [3.8, 4) is 0 Å². The van der Waals surface area contributed by atoms with Crippen molar-refractivity contribution in [2.75, 3.05) is 0 Å². The van der Waals surface area contributed by atoms with E-state index in [0.29, 0.717) is 5.02 Å². The van der Waals surface area contributed by atoms with E-state index in [1.165, 1.54) is 12.1 Å². The molecule has 0 bridgehead atoms. The summed E-state index contributed by atoms with van der Waals surface area (Å²) < 4.78 is 10.8. The topological polar surface area (TPSA) is 43.1 Å². The molecule has 0 aromatic heterocycles. The molecule has 1 rings (SSSR count). The first-order valence-electron chi connectivity index (χ1n) is 2.83. The Morgan fingerprint density at radius 1 is 1.08 bits per heavy atom. The van der Waals surface area contributed by atoms with Crippen molar-refractivity contribution in [3.63, 3.8) is 0 Å². The number of halogens is 3. The van der Waals surface area contributed by atoms with Crippen molar-refractivity contribution in [2.24, 2.45) is 5.14 Å². The first-order chi connectivity index (χ1) is 5.52. The molecule has 1 aromatic rings. The fraction of sp³-hybridized carbons (Fsp3) is 0. The number of nitrogens with two attached hydrogens (primary N) is 1. The van der Waals surface area contributed by atoms with E-state index in [1.54, 1.807) is 0 Å². The largest absolute Gasteiger partial charge is 0.248 e. The van der Waals surface area contributed by atoms with Crippen LogP contribution in [0.1, 0.15) is 0 Å². The second-order valence-corrected chi connectivity index (χ2v) is 4.25. The van der Waals surface area contributed by atoms with Gasteiger partial charge in [0.05, 0.1) is 20.0 Å². The van der Waals surface area contributed by atoms with Gasteiger partial charge in [-0.15, -0.1) is 0 Å². The average molecular weight is 245 g/mol. The minimum Gasteiger partial charge on any atom is -0.248 e. The van der Waals surface area contributed by atoms with Crippen LogP contribution in [0.25, 0.3) is 0 Å². The van der Waals surface area contributed by atoms with Crippen LogP contribution in [0, 0.1) is 0 Å². The van der Waals surface area contributed by atoms with Gasteiger partial charge in [-0.3, -0.25) is 0 Å². The van der Waals surface area contributed by atoms with E-state index in [-0.39, 0.29) is 14.9 Å². The lowest BCUT2D eigenvalue weighted by Crippen LogP contribution is -2.03. The molecule has 0 aliphatic carbocycles. The Bertz CT molecular complexity index is 342. The molecular weight excluding hydrogens is 240 g/mol. The Labute approximate surface area is 87.2 Å². The Morgan fingerprint density at radius 3 is 2.08 bits per heavy atom.